The average molecular weight is 331 g/mol. The largest absolute Gasteiger partial charge is 0.486 e. The van der Waals surface area contributed by atoms with Crippen LogP contribution in [0, 0.1) is 6.92 Å². The zero-order chi connectivity index (χ0) is 16.9. The molecule has 2 heterocycles. The molecule has 126 valence electrons. The van der Waals surface area contributed by atoms with Gasteiger partial charge in [0.15, 0.2) is 17.6 Å². The molecule has 0 fully saturated rings. The third-order valence-electron chi connectivity index (χ3n) is 3.45. The second kappa shape index (κ2) is 6.95. The van der Waals surface area contributed by atoms with Gasteiger partial charge in [0.25, 0.3) is 5.91 Å². The molecule has 0 spiro atoms. The van der Waals surface area contributed by atoms with Gasteiger partial charge in [-0.3, -0.25) is 10.2 Å². The molecule has 0 saturated heterocycles. The van der Waals surface area contributed by atoms with Crippen LogP contribution in [0.25, 0.3) is 0 Å². The van der Waals surface area contributed by atoms with Gasteiger partial charge >= 0.3 is 6.03 Å². The molecule has 8 heteroatoms. The maximum atomic E-state index is 11.8. The number of urea groups is 1. The SMILES string of the molecule is Cc1occc1C(=O)NNC(=O)NCC1COc2ccccc2O1. The van der Waals surface area contributed by atoms with E-state index in [2.05, 4.69) is 16.2 Å². The highest BCUT2D eigenvalue weighted by atomic mass is 16.6. The number of carbonyl (C=O) groups is 2. The lowest BCUT2D eigenvalue weighted by molar-refractivity contribution is 0.0901. The van der Waals surface area contributed by atoms with Crippen molar-refractivity contribution in [1.29, 1.82) is 0 Å². The van der Waals surface area contributed by atoms with Gasteiger partial charge < -0.3 is 19.2 Å². The quantitative estimate of drug-likeness (QED) is 0.737. The zero-order valence-electron chi connectivity index (χ0n) is 13.0. The Morgan fingerprint density at radius 3 is 2.71 bits per heavy atom. The Labute approximate surface area is 138 Å². The van der Waals surface area contributed by atoms with Gasteiger partial charge in [0.2, 0.25) is 0 Å². The molecule has 1 aromatic carbocycles. The van der Waals surface area contributed by atoms with Crippen LogP contribution < -0.4 is 25.6 Å². The topological polar surface area (TPSA) is 102 Å². The fraction of sp³-hybridized carbons (Fsp3) is 0.250. The Hall–Kier alpha value is -3.16. The first kappa shape index (κ1) is 15.7. The molecule has 1 aliphatic heterocycles. The fourth-order valence-electron chi connectivity index (χ4n) is 2.22. The highest BCUT2D eigenvalue weighted by Gasteiger charge is 2.21. The Bertz CT molecular complexity index is 743. The molecule has 0 aliphatic carbocycles. The van der Waals surface area contributed by atoms with Crippen LogP contribution in [0.3, 0.4) is 0 Å². The molecule has 0 bridgehead atoms. The highest BCUT2D eigenvalue weighted by Crippen LogP contribution is 2.30. The number of furan rings is 1. The molecule has 0 radical (unpaired) electrons. The first-order valence-electron chi connectivity index (χ1n) is 7.40. The van der Waals surface area contributed by atoms with E-state index in [1.165, 1.54) is 12.3 Å². The van der Waals surface area contributed by atoms with Crippen molar-refractivity contribution in [3.63, 3.8) is 0 Å². The maximum Gasteiger partial charge on any atom is 0.333 e. The van der Waals surface area contributed by atoms with Crippen molar-refractivity contribution < 1.29 is 23.5 Å². The van der Waals surface area contributed by atoms with E-state index >= 15 is 0 Å². The summed E-state index contributed by atoms with van der Waals surface area (Å²) in [7, 11) is 0. The second-order valence-electron chi connectivity index (χ2n) is 5.18. The molecule has 1 aromatic heterocycles. The molecule has 2 aromatic rings. The van der Waals surface area contributed by atoms with Gasteiger partial charge in [-0.1, -0.05) is 12.1 Å². The zero-order valence-corrected chi connectivity index (χ0v) is 13.0. The van der Waals surface area contributed by atoms with E-state index in [0.717, 1.165) is 0 Å². The van der Waals surface area contributed by atoms with Crippen LogP contribution >= 0.6 is 0 Å². The smallest absolute Gasteiger partial charge is 0.333 e. The van der Waals surface area contributed by atoms with Gasteiger partial charge in [-0.2, -0.15) is 0 Å². The summed E-state index contributed by atoms with van der Waals surface area (Å²) in [6.07, 6.45) is 1.10. The molecule has 8 nitrogen and oxygen atoms in total. The van der Waals surface area contributed by atoms with Crippen LogP contribution in [0.2, 0.25) is 0 Å². The van der Waals surface area contributed by atoms with E-state index in [1.54, 1.807) is 13.0 Å². The van der Waals surface area contributed by atoms with E-state index in [-0.39, 0.29) is 12.6 Å². The molecular formula is C16H17N3O5. The van der Waals surface area contributed by atoms with Crippen molar-refractivity contribution in [3.8, 4) is 11.5 Å². The van der Waals surface area contributed by atoms with Crippen molar-refractivity contribution in [3.05, 3.63) is 47.9 Å². The average Bonchev–Trinajstić information content (AvgIpc) is 3.03. The third-order valence-corrected chi connectivity index (χ3v) is 3.45. The summed E-state index contributed by atoms with van der Waals surface area (Å²) in [6.45, 7) is 2.23. The number of nitrogens with one attached hydrogen (secondary N) is 3. The standard InChI is InChI=1S/C16H17N3O5/c1-10-12(6-7-22-10)15(20)18-19-16(21)17-8-11-9-23-13-4-2-3-5-14(13)24-11/h2-7,11H,8-9H2,1H3,(H,18,20)(H2,17,19,21). The Morgan fingerprint density at radius 2 is 1.96 bits per heavy atom. The molecule has 3 rings (SSSR count). The molecule has 0 saturated carbocycles. The van der Waals surface area contributed by atoms with E-state index in [1.807, 2.05) is 18.2 Å². The minimum Gasteiger partial charge on any atom is -0.486 e. The fourth-order valence-corrected chi connectivity index (χ4v) is 2.22. The number of carbonyl (C=O) groups excluding carboxylic acids is 2. The van der Waals surface area contributed by atoms with Crippen molar-refractivity contribution in [2.75, 3.05) is 13.2 Å². The van der Waals surface area contributed by atoms with E-state index in [0.29, 0.717) is 29.4 Å². The molecule has 24 heavy (non-hydrogen) atoms. The monoisotopic (exact) mass is 331 g/mol. The summed E-state index contributed by atoms with van der Waals surface area (Å²) in [6, 6.07) is 8.30. The predicted octanol–water partition coefficient (Wildman–Crippen LogP) is 1.37. The van der Waals surface area contributed by atoms with E-state index in [4.69, 9.17) is 13.9 Å². The number of ether oxygens (including phenoxy) is 2. The Morgan fingerprint density at radius 1 is 1.17 bits per heavy atom. The number of hydrogen-bond donors (Lipinski definition) is 3. The second-order valence-corrected chi connectivity index (χ2v) is 5.18. The van der Waals surface area contributed by atoms with Crippen LogP contribution in [0.1, 0.15) is 16.1 Å². The highest BCUT2D eigenvalue weighted by molar-refractivity contribution is 5.96. The van der Waals surface area contributed by atoms with Crippen molar-refractivity contribution in [2.24, 2.45) is 0 Å². The number of benzene rings is 1. The number of hydrogen-bond acceptors (Lipinski definition) is 5. The molecule has 1 aliphatic rings. The lowest BCUT2D eigenvalue weighted by Crippen LogP contribution is -2.50. The van der Waals surface area contributed by atoms with Crippen molar-refractivity contribution >= 4 is 11.9 Å². The molecule has 3 N–H and O–H groups in total. The third kappa shape index (κ3) is 3.60. The molecular weight excluding hydrogens is 314 g/mol. The number of aryl methyl sites for hydroxylation is 1. The lowest BCUT2D eigenvalue weighted by atomic mass is 10.2. The summed E-state index contributed by atoms with van der Waals surface area (Å²) >= 11 is 0. The van der Waals surface area contributed by atoms with E-state index in [9.17, 15) is 9.59 Å². The van der Waals surface area contributed by atoms with Gasteiger partial charge in [-0.15, -0.1) is 0 Å². The van der Waals surface area contributed by atoms with Gasteiger partial charge in [-0.25, -0.2) is 10.2 Å². The minimum atomic E-state index is -0.549. The molecule has 1 atom stereocenters. The molecule has 3 amide bonds. The summed E-state index contributed by atoms with van der Waals surface area (Å²) < 4.78 is 16.3. The summed E-state index contributed by atoms with van der Waals surface area (Å²) in [5.41, 5.74) is 4.92. The van der Waals surface area contributed by atoms with Gasteiger partial charge in [0.1, 0.15) is 12.4 Å². The van der Waals surface area contributed by atoms with E-state index < -0.39 is 11.9 Å². The van der Waals surface area contributed by atoms with Crippen LogP contribution in [0.5, 0.6) is 11.5 Å². The van der Waals surface area contributed by atoms with Crippen LogP contribution in [-0.4, -0.2) is 31.2 Å². The van der Waals surface area contributed by atoms with Gasteiger partial charge in [-0.05, 0) is 25.1 Å². The maximum absolute atomic E-state index is 11.8. The Kier molecular flexibility index (Phi) is 4.55. The number of amides is 3. The number of hydrazine groups is 1. The van der Waals surface area contributed by atoms with Crippen molar-refractivity contribution in [2.45, 2.75) is 13.0 Å². The minimum absolute atomic E-state index is 0.237. The van der Waals surface area contributed by atoms with Crippen LogP contribution in [-0.2, 0) is 0 Å². The predicted molar refractivity (Wildman–Crippen MR) is 83.8 cm³/mol. The first-order valence-corrected chi connectivity index (χ1v) is 7.40. The van der Waals surface area contributed by atoms with Crippen molar-refractivity contribution in [1.82, 2.24) is 16.2 Å². The summed E-state index contributed by atoms with van der Waals surface area (Å²) in [4.78, 5) is 23.5. The van der Waals surface area contributed by atoms with Gasteiger partial charge in [0, 0.05) is 0 Å². The summed E-state index contributed by atoms with van der Waals surface area (Å²) in [5.74, 6) is 1.34. The van der Waals surface area contributed by atoms with Crippen LogP contribution in [0.15, 0.2) is 41.0 Å². The van der Waals surface area contributed by atoms with Crippen LogP contribution in [0.4, 0.5) is 4.79 Å². The number of para-hydroxylation sites is 2. The normalized spacial score (nSPS) is 15.5. The lowest BCUT2D eigenvalue weighted by Gasteiger charge is -2.26. The first-order chi connectivity index (χ1) is 11.6. The number of rotatable bonds is 3. The van der Waals surface area contributed by atoms with Gasteiger partial charge in [0.05, 0.1) is 18.4 Å². The molecule has 1 unspecified atom stereocenters. The number of fused-ring (bicyclic) bond motifs is 1. The summed E-state index contributed by atoms with van der Waals surface area (Å²) in [5, 5.41) is 2.61. The Balaban J connectivity index is 1.42.